The Morgan fingerprint density at radius 1 is 1.48 bits per heavy atom. The van der Waals surface area contributed by atoms with Crippen LogP contribution in [0.5, 0.6) is 0 Å². The van der Waals surface area contributed by atoms with E-state index in [1.165, 1.54) is 19.7 Å². The third-order valence-corrected chi connectivity index (χ3v) is 3.71. The van der Waals surface area contributed by atoms with Crippen LogP contribution < -0.4 is 11.1 Å². The van der Waals surface area contributed by atoms with Crippen molar-refractivity contribution in [2.24, 2.45) is 5.73 Å². The lowest BCUT2D eigenvalue weighted by Gasteiger charge is -2.14. The molecule has 0 bridgehead atoms. The summed E-state index contributed by atoms with van der Waals surface area (Å²) in [7, 11) is 1.26. The Kier molecular flexibility index (Phi) is 6.70. The molecule has 0 saturated carbocycles. The SMILES string of the molecule is CCCCC(N)c1nc(C(=O)NC(Cc2cnc[nH]2)C(=O)OC)co1. The summed E-state index contributed by atoms with van der Waals surface area (Å²) in [6.45, 7) is 2.06. The zero-order valence-corrected chi connectivity index (χ0v) is 14.3. The summed E-state index contributed by atoms with van der Waals surface area (Å²) in [6.07, 6.45) is 7.20. The van der Waals surface area contributed by atoms with Gasteiger partial charge in [-0.3, -0.25) is 4.79 Å². The molecule has 0 aromatic carbocycles. The minimum absolute atomic E-state index is 0.0699. The van der Waals surface area contributed by atoms with E-state index in [1.807, 2.05) is 0 Å². The first-order valence-corrected chi connectivity index (χ1v) is 8.12. The van der Waals surface area contributed by atoms with Crippen molar-refractivity contribution in [1.82, 2.24) is 20.3 Å². The second-order valence-electron chi connectivity index (χ2n) is 5.65. The first kappa shape index (κ1) is 18.7. The largest absolute Gasteiger partial charge is 0.467 e. The molecule has 0 aliphatic heterocycles. The Hall–Kier alpha value is -2.68. The van der Waals surface area contributed by atoms with E-state index in [2.05, 4.69) is 27.2 Å². The molecule has 1 amide bonds. The number of carbonyl (C=O) groups is 2. The van der Waals surface area contributed by atoms with E-state index in [4.69, 9.17) is 14.9 Å². The molecular weight excluding hydrogens is 326 g/mol. The van der Waals surface area contributed by atoms with Crippen molar-refractivity contribution >= 4 is 11.9 Å². The van der Waals surface area contributed by atoms with E-state index in [0.717, 1.165) is 19.3 Å². The van der Waals surface area contributed by atoms with Gasteiger partial charge in [-0.1, -0.05) is 19.8 Å². The molecule has 25 heavy (non-hydrogen) atoms. The highest BCUT2D eigenvalue weighted by Gasteiger charge is 2.25. The molecule has 0 saturated heterocycles. The Morgan fingerprint density at radius 2 is 2.28 bits per heavy atom. The molecule has 0 radical (unpaired) electrons. The van der Waals surface area contributed by atoms with Crippen LogP contribution in [-0.2, 0) is 16.0 Å². The van der Waals surface area contributed by atoms with Crippen LogP contribution in [0.1, 0.15) is 54.3 Å². The maximum absolute atomic E-state index is 12.3. The van der Waals surface area contributed by atoms with Crippen LogP contribution in [-0.4, -0.2) is 40.0 Å². The molecular formula is C16H23N5O4. The number of oxazole rings is 1. The average molecular weight is 349 g/mol. The lowest BCUT2D eigenvalue weighted by Crippen LogP contribution is -2.43. The second kappa shape index (κ2) is 8.97. The highest BCUT2D eigenvalue weighted by molar-refractivity contribution is 5.95. The van der Waals surface area contributed by atoms with Gasteiger partial charge in [0.2, 0.25) is 5.89 Å². The number of amides is 1. The molecule has 136 valence electrons. The zero-order valence-electron chi connectivity index (χ0n) is 14.3. The highest BCUT2D eigenvalue weighted by Crippen LogP contribution is 2.16. The van der Waals surface area contributed by atoms with E-state index in [-0.39, 0.29) is 18.2 Å². The molecule has 9 nitrogen and oxygen atoms in total. The van der Waals surface area contributed by atoms with Gasteiger partial charge in [-0.2, -0.15) is 0 Å². The van der Waals surface area contributed by atoms with Crippen molar-refractivity contribution in [2.45, 2.75) is 44.7 Å². The normalized spacial score (nSPS) is 13.2. The van der Waals surface area contributed by atoms with Crippen LogP contribution in [0.3, 0.4) is 0 Å². The van der Waals surface area contributed by atoms with Gasteiger partial charge >= 0.3 is 5.97 Å². The standard InChI is InChI=1S/C16H23N5O4/c1-3-4-5-11(17)15-21-13(8-25-15)14(22)20-12(16(23)24-2)6-10-7-18-9-19-10/h7-9,11-12H,3-6,17H2,1-2H3,(H,18,19)(H,20,22). The summed E-state index contributed by atoms with van der Waals surface area (Å²) < 4.78 is 10.0. The number of nitrogens with two attached hydrogens (primary N) is 1. The number of esters is 1. The molecule has 0 aliphatic rings. The van der Waals surface area contributed by atoms with Gasteiger partial charge in [0, 0.05) is 18.3 Å². The summed E-state index contributed by atoms with van der Waals surface area (Å²) in [4.78, 5) is 35.1. The number of methoxy groups -OCH3 is 1. The maximum Gasteiger partial charge on any atom is 0.328 e. The van der Waals surface area contributed by atoms with Gasteiger partial charge in [0.25, 0.3) is 5.91 Å². The van der Waals surface area contributed by atoms with Crippen LogP contribution >= 0.6 is 0 Å². The Morgan fingerprint density at radius 3 is 2.92 bits per heavy atom. The van der Waals surface area contributed by atoms with Crippen LogP contribution in [0.4, 0.5) is 0 Å². The van der Waals surface area contributed by atoms with Crippen LogP contribution in [0.25, 0.3) is 0 Å². The molecule has 2 aromatic heterocycles. The molecule has 2 atom stereocenters. The predicted octanol–water partition coefficient (Wildman–Crippen LogP) is 1.10. The summed E-state index contributed by atoms with van der Waals surface area (Å²) in [5.41, 5.74) is 6.75. The van der Waals surface area contributed by atoms with E-state index >= 15 is 0 Å². The van der Waals surface area contributed by atoms with Crippen molar-refractivity contribution in [1.29, 1.82) is 0 Å². The zero-order chi connectivity index (χ0) is 18.2. The average Bonchev–Trinajstić information content (AvgIpc) is 3.29. The summed E-state index contributed by atoms with van der Waals surface area (Å²) in [6, 6.07) is -1.23. The fourth-order valence-electron chi connectivity index (χ4n) is 2.29. The van der Waals surface area contributed by atoms with Crippen LogP contribution in [0.15, 0.2) is 23.2 Å². The van der Waals surface area contributed by atoms with Gasteiger partial charge in [-0.15, -0.1) is 0 Å². The molecule has 2 unspecified atom stereocenters. The minimum atomic E-state index is -0.869. The number of aromatic amines is 1. The molecule has 2 rings (SSSR count). The fourth-order valence-corrected chi connectivity index (χ4v) is 2.29. The number of rotatable bonds is 9. The van der Waals surface area contributed by atoms with Gasteiger partial charge in [0.15, 0.2) is 5.69 Å². The fraction of sp³-hybridized carbons (Fsp3) is 0.500. The van der Waals surface area contributed by atoms with Gasteiger partial charge in [-0.25, -0.2) is 14.8 Å². The van der Waals surface area contributed by atoms with Crippen LogP contribution in [0.2, 0.25) is 0 Å². The number of nitrogens with zero attached hydrogens (tertiary/aromatic N) is 2. The predicted molar refractivity (Wildman–Crippen MR) is 88.5 cm³/mol. The molecule has 0 fully saturated rings. The smallest absolute Gasteiger partial charge is 0.328 e. The third-order valence-electron chi connectivity index (χ3n) is 3.71. The quantitative estimate of drug-likeness (QED) is 0.577. The van der Waals surface area contributed by atoms with Crippen molar-refractivity contribution in [3.63, 3.8) is 0 Å². The first-order valence-electron chi connectivity index (χ1n) is 8.12. The van der Waals surface area contributed by atoms with Crippen molar-refractivity contribution in [2.75, 3.05) is 7.11 Å². The van der Waals surface area contributed by atoms with Gasteiger partial charge in [0.1, 0.15) is 12.3 Å². The number of imidazole rings is 1. The number of ether oxygens (including phenoxy) is 1. The minimum Gasteiger partial charge on any atom is -0.467 e. The molecule has 0 aliphatic carbocycles. The first-order chi connectivity index (χ1) is 12.0. The van der Waals surface area contributed by atoms with Gasteiger partial charge in [-0.05, 0) is 6.42 Å². The lowest BCUT2D eigenvalue weighted by molar-refractivity contribution is -0.142. The van der Waals surface area contributed by atoms with E-state index in [9.17, 15) is 9.59 Å². The Balaban J connectivity index is 2.02. The van der Waals surface area contributed by atoms with E-state index in [1.54, 1.807) is 6.20 Å². The number of H-pyrrole nitrogens is 1. The van der Waals surface area contributed by atoms with E-state index < -0.39 is 17.9 Å². The highest BCUT2D eigenvalue weighted by atomic mass is 16.5. The monoisotopic (exact) mass is 349 g/mol. The number of carbonyl (C=O) groups excluding carboxylic acids is 2. The Labute approximate surface area is 145 Å². The lowest BCUT2D eigenvalue weighted by atomic mass is 10.1. The topological polar surface area (TPSA) is 136 Å². The summed E-state index contributed by atoms with van der Waals surface area (Å²) in [5.74, 6) is -0.791. The van der Waals surface area contributed by atoms with Gasteiger partial charge in [0.05, 0.1) is 19.5 Å². The molecule has 9 heteroatoms. The second-order valence-corrected chi connectivity index (χ2v) is 5.65. The van der Waals surface area contributed by atoms with E-state index in [0.29, 0.717) is 11.6 Å². The molecule has 0 spiro atoms. The summed E-state index contributed by atoms with van der Waals surface area (Å²) >= 11 is 0. The maximum atomic E-state index is 12.3. The molecule has 4 N–H and O–H groups in total. The van der Waals surface area contributed by atoms with Crippen LogP contribution in [0, 0.1) is 0 Å². The molecule has 2 aromatic rings. The molecule has 2 heterocycles. The van der Waals surface area contributed by atoms with Crippen molar-refractivity contribution in [3.8, 4) is 0 Å². The Bertz CT molecular complexity index is 683. The number of unbranched alkanes of at least 4 members (excludes halogenated alkanes) is 1. The summed E-state index contributed by atoms with van der Waals surface area (Å²) in [5, 5.41) is 2.59. The number of aromatic nitrogens is 3. The van der Waals surface area contributed by atoms with Crippen molar-refractivity contribution in [3.05, 3.63) is 36.1 Å². The number of hydrogen-bond donors (Lipinski definition) is 3. The number of hydrogen-bond acceptors (Lipinski definition) is 7. The van der Waals surface area contributed by atoms with Gasteiger partial charge < -0.3 is 25.2 Å². The number of nitrogens with one attached hydrogen (secondary N) is 2. The van der Waals surface area contributed by atoms with Crippen molar-refractivity contribution < 1.29 is 18.7 Å². The third kappa shape index (κ3) is 5.15.